The van der Waals surface area contributed by atoms with Crippen LogP contribution in [-0.4, -0.2) is 27.3 Å². The molecule has 0 unspecified atom stereocenters. The smallest absolute Gasteiger partial charge is 0.121 e. The molecule has 3 aromatic rings. The van der Waals surface area contributed by atoms with Gasteiger partial charge in [0.25, 0.3) is 0 Å². The monoisotopic (exact) mass is 376 g/mol. The summed E-state index contributed by atoms with van der Waals surface area (Å²) in [7, 11) is 4.13. The Morgan fingerprint density at radius 3 is 1.32 bits per heavy atom. The molecular formula is C24H28N2O2. The predicted molar refractivity (Wildman–Crippen MR) is 118 cm³/mol. The third-order valence-electron chi connectivity index (χ3n) is 4.66. The molecule has 28 heavy (non-hydrogen) atoms. The van der Waals surface area contributed by atoms with Crippen molar-refractivity contribution in [3.05, 3.63) is 72.8 Å². The first-order valence-electron chi connectivity index (χ1n) is 9.65. The van der Waals surface area contributed by atoms with Crippen molar-refractivity contribution in [2.45, 2.75) is 13.8 Å². The Hall–Kier alpha value is -3.14. The molecule has 4 heteroatoms. The van der Waals surface area contributed by atoms with Crippen LogP contribution in [0.15, 0.2) is 72.8 Å². The molecule has 0 heterocycles. The third kappa shape index (κ3) is 4.58. The van der Waals surface area contributed by atoms with Crippen LogP contribution >= 0.6 is 0 Å². The summed E-state index contributed by atoms with van der Waals surface area (Å²) < 4.78 is 11.2. The topological polar surface area (TPSA) is 24.9 Å². The fourth-order valence-corrected chi connectivity index (χ4v) is 3.10. The van der Waals surface area contributed by atoms with Gasteiger partial charge in [0.15, 0.2) is 0 Å². The lowest BCUT2D eigenvalue weighted by atomic mass is 10.2. The lowest BCUT2D eigenvalue weighted by Gasteiger charge is -2.23. The Bertz CT molecular complexity index is 819. The van der Waals surface area contributed by atoms with Crippen LogP contribution in [0.2, 0.25) is 0 Å². The van der Waals surface area contributed by atoms with Gasteiger partial charge in [-0.2, -0.15) is 0 Å². The maximum atomic E-state index is 5.62. The quantitative estimate of drug-likeness (QED) is 0.480. The minimum atomic E-state index is 0.665. The minimum Gasteiger partial charge on any atom is -0.494 e. The molecule has 0 N–H and O–H groups in total. The van der Waals surface area contributed by atoms with E-state index in [9.17, 15) is 0 Å². The van der Waals surface area contributed by atoms with Crippen LogP contribution in [0.3, 0.4) is 0 Å². The molecule has 0 fully saturated rings. The Morgan fingerprint density at radius 2 is 0.964 bits per heavy atom. The minimum absolute atomic E-state index is 0.665. The summed E-state index contributed by atoms with van der Waals surface area (Å²) in [6.07, 6.45) is 0. The second-order valence-electron chi connectivity index (χ2n) is 6.50. The summed E-state index contributed by atoms with van der Waals surface area (Å²) in [5.74, 6) is 1.77. The second kappa shape index (κ2) is 9.18. The number of anilines is 4. The maximum Gasteiger partial charge on any atom is 0.121 e. The average molecular weight is 377 g/mol. The average Bonchev–Trinajstić information content (AvgIpc) is 2.74. The molecule has 0 atom stereocenters. The van der Waals surface area contributed by atoms with E-state index >= 15 is 0 Å². The molecular weight excluding hydrogens is 348 g/mol. The molecule has 0 aliphatic carbocycles. The lowest BCUT2D eigenvalue weighted by molar-refractivity contribution is 0.340. The maximum absolute atomic E-state index is 5.62. The Morgan fingerprint density at radius 1 is 0.571 bits per heavy atom. The van der Waals surface area contributed by atoms with Gasteiger partial charge >= 0.3 is 0 Å². The van der Waals surface area contributed by atoms with E-state index in [-0.39, 0.29) is 0 Å². The van der Waals surface area contributed by atoms with Crippen molar-refractivity contribution < 1.29 is 9.47 Å². The molecule has 146 valence electrons. The molecule has 0 aliphatic heterocycles. The summed E-state index contributed by atoms with van der Waals surface area (Å²) >= 11 is 0. The fourth-order valence-electron chi connectivity index (χ4n) is 3.10. The first-order chi connectivity index (χ1) is 13.6. The number of nitrogens with zero attached hydrogens (tertiary/aromatic N) is 2. The van der Waals surface area contributed by atoms with Gasteiger partial charge in [-0.3, -0.25) is 0 Å². The van der Waals surface area contributed by atoms with Crippen LogP contribution in [0.25, 0.3) is 0 Å². The van der Waals surface area contributed by atoms with E-state index < -0.39 is 0 Å². The first kappa shape index (κ1) is 19.6. The van der Waals surface area contributed by atoms with Crippen molar-refractivity contribution in [2.24, 2.45) is 0 Å². The highest BCUT2D eigenvalue weighted by atomic mass is 16.5. The van der Waals surface area contributed by atoms with Crippen molar-refractivity contribution in [3.8, 4) is 11.5 Å². The number of rotatable bonds is 8. The molecule has 0 radical (unpaired) electrons. The SMILES string of the molecule is CCOc1cccc(N(C)c2ccc(N(C)c3cccc(OCC)c3)cc2)c1. The van der Waals surface area contributed by atoms with Crippen LogP contribution in [0.1, 0.15) is 13.8 Å². The fraction of sp³-hybridized carbons (Fsp3) is 0.250. The van der Waals surface area contributed by atoms with Crippen LogP contribution in [0.4, 0.5) is 22.7 Å². The molecule has 0 saturated carbocycles. The van der Waals surface area contributed by atoms with Gasteiger partial charge in [0.1, 0.15) is 11.5 Å². The zero-order chi connectivity index (χ0) is 19.9. The first-order valence-corrected chi connectivity index (χ1v) is 9.65. The van der Waals surface area contributed by atoms with Gasteiger partial charge in [0, 0.05) is 49.0 Å². The zero-order valence-electron chi connectivity index (χ0n) is 17.1. The zero-order valence-corrected chi connectivity index (χ0v) is 17.1. The van der Waals surface area contributed by atoms with Gasteiger partial charge in [-0.05, 0) is 62.4 Å². The molecule has 3 aromatic carbocycles. The highest BCUT2D eigenvalue weighted by molar-refractivity contribution is 5.69. The lowest BCUT2D eigenvalue weighted by Crippen LogP contribution is -2.12. The van der Waals surface area contributed by atoms with Gasteiger partial charge in [-0.1, -0.05) is 12.1 Å². The van der Waals surface area contributed by atoms with Crippen molar-refractivity contribution in [1.29, 1.82) is 0 Å². The number of hydrogen-bond donors (Lipinski definition) is 0. The van der Waals surface area contributed by atoms with E-state index in [4.69, 9.17) is 9.47 Å². The standard InChI is InChI=1S/C24H28N2O2/c1-5-27-23-11-7-9-21(17-23)25(3)19-13-15-20(16-14-19)26(4)22-10-8-12-24(18-22)28-6-2/h7-18H,5-6H2,1-4H3. The molecule has 0 saturated heterocycles. The normalized spacial score (nSPS) is 10.4. The van der Waals surface area contributed by atoms with E-state index in [0.29, 0.717) is 13.2 Å². The van der Waals surface area contributed by atoms with Gasteiger partial charge in [0.05, 0.1) is 13.2 Å². The van der Waals surface area contributed by atoms with E-state index in [1.807, 2.05) is 38.1 Å². The Kier molecular flexibility index (Phi) is 6.43. The molecule has 0 amide bonds. The molecule has 4 nitrogen and oxygen atoms in total. The van der Waals surface area contributed by atoms with Gasteiger partial charge in [-0.15, -0.1) is 0 Å². The van der Waals surface area contributed by atoms with E-state index in [0.717, 1.165) is 34.2 Å². The summed E-state index contributed by atoms with van der Waals surface area (Å²) in [5, 5.41) is 0. The van der Waals surface area contributed by atoms with Gasteiger partial charge in [0.2, 0.25) is 0 Å². The predicted octanol–water partition coefficient (Wildman–Crippen LogP) is 6.02. The van der Waals surface area contributed by atoms with E-state index in [1.54, 1.807) is 0 Å². The Balaban J connectivity index is 1.77. The molecule has 0 bridgehead atoms. The summed E-state index contributed by atoms with van der Waals surface area (Å²) in [6, 6.07) is 24.8. The molecule has 0 aromatic heterocycles. The summed E-state index contributed by atoms with van der Waals surface area (Å²) in [5.41, 5.74) is 4.43. The van der Waals surface area contributed by atoms with Crippen LogP contribution in [0, 0.1) is 0 Å². The second-order valence-corrected chi connectivity index (χ2v) is 6.50. The highest BCUT2D eigenvalue weighted by Gasteiger charge is 2.08. The molecule has 0 aliphatic rings. The van der Waals surface area contributed by atoms with Gasteiger partial charge < -0.3 is 19.3 Å². The molecule has 3 rings (SSSR count). The molecule has 0 spiro atoms. The number of ether oxygens (including phenoxy) is 2. The summed E-state index contributed by atoms with van der Waals surface area (Å²) in [4.78, 5) is 4.31. The van der Waals surface area contributed by atoms with Crippen LogP contribution < -0.4 is 19.3 Å². The van der Waals surface area contributed by atoms with Gasteiger partial charge in [-0.25, -0.2) is 0 Å². The Labute approximate surface area is 167 Å². The summed E-state index contributed by atoms with van der Waals surface area (Å²) in [6.45, 7) is 5.32. The number of hydrogen-bond acceptors (Lipinski definition) is 4. The number of benzene rings is 3. The van der Waals surface area contributed by atoms with Crippen LogP contribution in [0.5, 0.6) is 11.5 Å². The van der Waals surface area contributed by atoms with Crippen molar-refractivity contribution >= 4 is 22.7 Å². The largest absolute Gasteiger partial charge is 0.494 e. The van der Waals surface area contributed by atoms with E-state index in [2.05, 4.69) is 72.4 Å². The third-order valence-corrected chi connectivity index (χ3v) is 4.66. The highest BCUT2D eigenvalue weighted by Crippen LogP contribution is 2.31. The van der Waals surface area contributed by atoms with Crippen molar-refractivity contribution in [2.75, 3.05) is 37.1 Å². The van der Waals surface area contributed by atoms with Crippen LogP contribution in [-0.2, 0) is 0 Å². The van der Waals surface area contributed by atoms with Crippen molar-refractivity contribution in [3.63, 3.8) is 0 Å². The van der Waals surface area contributed by atoms with E-state index in [1.165, 1.54) is 0 Å². The van der Waals surface area contributed by atoms with Crippen molar-refractivity contribution in [1.82, 2.24) is 0 Å².